The van der Waals surface area contributed by atoms with E-state index in [0.717, 1.165) is 15.5 Å². The van der Waals surface area contributed by atoms with E-state index in [1.165, 1.54) is 15.6 Å². The molecule has 9 heteroatoms. The van der Waals surface area contributed by atoms with Gasteiger partial charge in [-0.3, -0.25) is 4.79 Å². The number of thioether (sulfide) groups is 1. The Morgan fingerprint density at radius 1 is 1.27 bits per heavy atom. The molecule has 1 aliphatic rings. The van der Waals surface area contributed by atoms with Crippen LogP contribution in [0, 0.1) is 0 Å². The molecule has 1 saturated heterocycles. The van der Waals surface area contributed by atoms with E-state index in [1.807, 2.05) is 30.5 Å². The molecule has 0 unspecified atom stereocenters. The van der Waals surface area contributed by atoms with Crippen molar-refractivity contribution in [1.82, 2.24) is 4.31 Å². The average Bonchev–Trinajstić information content (AvgIpc) is 3.18. The number of hydrogen-bond acceptors (Lipinski definition) is 5. The predicted molar refractivity (Wildman–Crippen MR) is 105 cm³/mol. The van der Waals surface area contributed by atoms with Crippen LogP contribution in [0.2, 0.25) is 0 Å². The maximum atomic E-state index is 12.5. The summed E-state index contributed by atoms with van der Waals surface area (Å²) >= 11 is 2.87. The van der Waals surface area contributed by atoms with E-state index in [0.29, 0.717) is 36.9 Å². The molecule has 1 aliphatic heterocycles. The molecule has 2 heterocycles. The predicted octanol–water partition coefficient (Wildman–Crippen LogP) is 0.998. The molecule has 0 aliphatic carbocycles. The Hall–Kier alpha value is -1.39. The van der Waals surface area contributed by atoms with Gasteiger partial charge in [-0.1, -0.05) is 12.1 Å². The first kappa shape index (κ1) is 19.4. The van der Waals surface area contributed by atoms with Crippen molar-refractivity contribution < 1.29 is 18.1 Å². The number of rotatable bonds is 6. The van der Waals surface area contributed by atoms with Crippen LogP contribution < -0.4 is 10.2 Å². The van der Waals surface area contributed by atoms with E-state index in [4.69, 9.17) is 0 Å². The van der Waals surface area contributed by atoms with Crippen LogP contribution in [0.3, 0.4) is 0 Å². The van der Waals surface area contributed by atoms with Crippen molar-refractivity contribution in [2.75, 3.05) is 44.3 Å². The number of amides is 1. The highest BCUT2D eigenvalue weighted by atomic mass is 32.2. The second-order valence-corrected chi connectivity index (χ2v) is 10.0. The van der Waals surface area contributed by atoms with E-state index in [9.17, 15) is 13.2 Å². The largest absolute Gasteiger partial charge is 0.325 e. The fourth-order valence-corrected chi connectivity index (χ4v) is 5.94. The van der Waals surface area contributed by atoms with Crippen molar-refractivity contribution in [1.29, 1.82) is 0 Å². The second-order valence-electron chi connectivity index (χ2n) is 6.04. The normalized spacial score (nSPS) is 16.5. The van der Waals surface area contributed by atoms with Crippen molar-refractivity contribution in [3.8, 4) is 0 Å². The number of carbonyl (C=O) groups excluding carboxylic acids is 1. The van der Waals surface area contributed by atoms with Gasteiger partial charge in [-0.2, -0.15) is 4.31 Å². The Labute approximate surface area is 162 Å². The highest BCUT2D eigenvalue weighted by Crippen LogP contribution is 2.21. The van der Waals surface area contributed by atoms with Crippen molar-refractivity contribution in [2.24, 2.45) is 0 Å². The van der Waals surface area contributed by atoms with Gasteiger partial charge in [0, 0.05) is 10.6 Å². The number of quaternary nitrogens is 1. The summed E-state index contributed by atoms with van der Waals surface area (Å²) in [6.07, 6.45) is 1.99. The number of benzene rings is 1. The Kier molecular flexibility index (Phi) is 6.36. The summed E-state index contributed by atoms with van der Waals surface area (Å²) in [6.45, 7) is 2.47. The first-order chi connectivity index (χ1) is 12.5. The number of hydrogen-bond donors (Lipinski definition) is 2. The Morgan fingerprint density at radius 2 is 2.04 bits per heavy atom. The van der Waals surface area contributed by atoms with Gasteiger partial charge in [0.15, 0.2) is 6.54 Å². The summed E-state index contributed by atoms with van der Waals surface area (Å²) in [7, 11) is -3.39. The minimum Gasteiger partial charge on any atom is -0.325 e. The van der Waals surface area contributed by atoms with E-state index < -0.39 is 10.0 Å². The quantitative estimate of drug-likeness (QED) is 0.695. The smallest absolute Gasteiger partial charge is 0.279 e. The van der Waals surface area contributed by atoms with Crippen molar-refractivity contribution in [2.45, 2.75) is 9.10 Å². The van der Waals surface area contributed by atoms with Crippen LogP contribution in [-0.2, 0) is 14.8 Å². The average molecular weight is 413 g/mol. The van der Waals surface area contributed by atoms with Gasteiger partial charge in [0.2, 0.25) is 0 Å². The van der Waals surface area contributed by atoms with Crippen LogP contribution in [0.1, 0.15) is 0 Å². The first-order valence-electron chi connectivity index (χ1n) is 8.30. The number of carbonyl (C=O) groups is 1. The number of piperazine rings is 1. The zero-order valence-electron chi connectivity index (χ0n) is 14.5. The number of anilines is 1. The Bertz CT molecular complexity index is 845. The van der Waals surface area contributed by atoms with E-state index >= 15 is 0 Å². The van der Waals surface area contributed by atoms with Crippen molar-refractivity contribution in [3.05, 3.63) is 41.8 Å². The summed E-state index contributed by atoms with van der Waals surface area (Å²) < 4.78 is 26.9. The molecule has 1 amide bonds. The lowest BCUT2D eigenvalue weighted by atomic mass is 10.3. The highest BCUT2D eigenvalue weighted by Gasteiger charge is 2.31. The molecular formula is C17H22N3O3S3+. The lowest BCUT2D eigenvalue weighted by Crippen LogP contribution is -3.15. The molecule has 0 bridgehead atoms. The molecule has 1 aromatic carbocycles. The van der Waals surface area contributed by atoms with Crippen LogP contribution in [-0.4, -0.2) is 57.6 Å². The third-order valence-electron chi connectivity index (χ3n) is 4.28. The van der Waals surface area contributed by atoms with Gasteiger partial charge in [-0.05, 0) is 35.9 Å². The molecule has 0 saturated carbocycles. The fraction of sp³-hybridized carbons (Fsp3) is 0.353. The van der Waals surface area contributed by atoms with Crippen LogP contribution in [0.5, 0.6) is 0 Å². The molecule has 2 N–H and O–H groups in total. The fourth-order valence-electron chi connectivity index (χ4n) is 2.89. The maximum Gasteiger partial charge on any atom is 0.279 e. The molecule has 1 fully saturated rings. The van der Waals surface area contributed by atoms with Gasteiger partial charge < -0.3 is 10.2 Å². The number of thiophene rings is 1. The van der Waals surface area contributed by atoms with E-state index in [1.54, 1.807) is 29.3 Å². The van der Waals surface area contributed by atoms with Gasteiger partial charge in [0.1, 0.15) is 4.21 Å². The van der Waals surface area contributed by atoms with Gasteiger partial charge in [0.05, 0.1) is 26.2 Å². The molecule has 3 rings (SSSR count). The summed E-state index contributed by atoms with van der Waals surface area (Å²) in [6, 6.07) is 11.1. The summed E-state index contributed by atoms with van der Waals surface area (Å²) in [5, 5.41) is 4.69. The van der Waals surface area contributed by atoms with Gasteiger partial charge in [0.25, 0.3) is 15.9 Å². The summed E-state index contributed by atoms with van der Waals surface area (Å²) in [5.41, 5.74) is 0.792. The topological polar surface area (TPSA) is 70.9 Å². The lowest BCUT2D eigenvalue weighted by Gasteiger charge is -2.30. The molecule has 26 heavy (non-hydrogen) atoms. The second kappa shape index (κ2) is 8.53. The van der Waals surface area contributed by atoms with Gasteiger partial charge >= 0.3 is 0 Å². The monoisotopic (exact) mass is 412 g/mol. The molecule has 140 valence electrons. The lowest BCUT2D eigenvalue weighted by molar-refractivity contribution is -0.895. The van der Waals surface area contributed by atoms with E-state index in [-0.39, 0.29) is 5.91 Å². The first-order valence-corrected chi connectivity index (χ1v) is 11.8. The summed E-state index contributed by atoms with van der Waals surface area (Å²) in [5.74, 6) is -0.0483. The standard InChI is InChI=1S/C17H21N3O3S3/c1-24-15-5-2-4-14(12-15)18-16(21)13-19-7-9-20(10-8-19)26(22,23)17-6-3-11-25-17/h2-6,11-12H,7-10,13H2,1H3,(H,18,21)/p+1. The zero-order chi connectivity index (χ0) is 18.6. The van der Waals surface area contributed by atoms with Crippen LogP contribution >= 0.6 is 23.1 Å². The summed E-state index contributed by atoms with van der Waals surface area (Å²) in [4.78, 5) is 14.5. The van der Waals surface area contributed by atoms with Crippen molar-refractivity contribution >= 4 is 44.7 Å². The Morgan fingerprint density at radius 3 is 2.69 bits per heavy atom. The molecule has 1 aromatic heterocycles. The third kappa shape index (κ3) is 4.66. The van der Waals surface area contributed by atoms with Crippen molar-refractivity contribution in [3.63, 3.8) is 0 Å². The van der Waals surface area contributed by atoms with Crippen LogP contribution in [0.15, 0.2) is 50.9 Å². The molecule has 0 spiro atoms. The minimum atomic E-state index is -3.39. The highest BCUT2D eigenvalue weighted by molar-refractivity contribution is 7.98. The SMILES string of the molecule is CSc1cccc(NC(=O)C[NH+]2CCN(S(=O)(=O)c3cccs3)CC2)c1. The third-order valence-corrected chi connectivity index (χ3v) is 8.28. The Balaban J connectivity index is 1.51. The molecule has 0 radical (unpaired) electrons. The van der Waals surface area contributed by atoms with Crippen LogP contribution in [0.4, 0.5) is 5.69 Å². The zero-order valence-corrected chi connectivity index (χ0v) is 16.9. The number of nitrogens with one attached hydrogen (secondary N) is 2. The molecule has 2 aromatic rings. The molecule has 0 atom stereocenters. The molecule has 6 nitrogen and oxygen atoms in total. The molecular weight excluding hydrogens is 390 g/mol. The number of nitrogens with zero attached hydrogens (tertiary/aromatic N) is 1. The minimum absolute atomic E-state index is 0.0483. The van der Waals surface area contributed by atoms with Gasteiger partial charge in [-0.15, -0.1) is 23.1 Å². The maximum absolute atomic E-state index is 12.5. The van der Waals surface area contributed by atoms with Crippen LogP contribution in [0.25, 0.3) is 0 Å². The number of sulfonamides is 1. The van der Waals surface area contributed by atoms with Gasteiger partial charge in [-0.25, -0.2) is 8.42 Å². The van der Waals surface area contributed by atoms with E-state index in [2.05, 4.69) is 5.32 Å².